The van der Waals surface area contributed by atoms with Crippen LogP contribution in [0.5, 0.6) is 0 Å². The maximum absolute atomic E-state index is 12.0. The molecule has 6 rings (SSSR count). The van der Waals surface area contributed by atoms with Crippen LogP contribution in [-0.2, 0) is 69.0 Å². The lowest BCUT2D eigenvalue weighted by Gasteiger charge is -2.42. The minimum Gasteiger partial charge on any atom is -0.372 e. The molecule has 1 N–H and O–H groups in total. The summed E-state index contributed by atoms with van der Waals surface area (Å²) < 4.78 is 70.9. The van der Waals surface area contributed by atoms with Crippen LogP contribution in [0.4, 0.5) is 0 Å². The molecule has 0 amide bonds. The van der Waals surface area contributed by atoms with Gasteiger partial charge in [0.15, 0.2) is 6.29 Å². The minimum atomic E-state index is -4.77. The monoisotopic (exact) mass is 721 g/mol. The third kappa shape index (κ3) is 10.5. The number of hydrogen-bond acceptors (Lipinski definition) is 8. The van der Waals surface area contributed by atoms with Gasteiger partial charge < -0.3 is 23.7 Å². The van der Waals surface area contributed by atoms with E-state index < -0.39 is 39.8 Å². The molecule has 4 aromatic carbocycles. The van der Waals surface area contributed by atoms with Crippen LogP contribution in [0, 0.1) is 5.92 Å². The number of ether oxygens (including phenoxy) is 5. The Bertz CT molecular complexity index is 1680. The summed E-state index contributed by atoms with van der Waals surface area (Å²) in [4.78, 5) is 0. The first-order chi connectivity index (χ1) is 24.3. The highest BCUT2D eigenvalue weighted by Crippen LogP contribution is 2.37. The predicted molar refractivity (Wildman–Crippen MR) is 193 cm³/mol. The van der Waals surface area contributed by atoms with Gasteiger partial charge in [0.25, 0.3) is 0 Å². The van der Waals surface area contributed by atoms with Crippen molar-refractivity contribution in [2.75, 3.05) is 24.7 Å². The first-order valence-electron chi connectivity index (χ1n) is 16.9. The van der Waals surface area contributed by atoms with Crippen molar-refractivity contribution in [3.63, 3.8) is 0 Å². The summed E-state index contributed by atoms with van der Waals surface area (Å²) in [7, 11) is -5.18. The van der Waals surface area contributed by atoms with E-state index in [1.165, 1.54) is 0 Å². The molecule has 11 heteroatoms. The van der Waals surface area contributed by atoms with E-state index in [1.54, 1.807) is 0 Å². The minimum absolute atomic E-state index is 0.0121. The summed E-state index contributed by atoms with van der Waals surface area (Å²) in [6.45, 7) is 3.91. The van der Waals surface area contributed by atoms with Crippen LogP contribution in [-0.4, -0.2) is 67.4 Å². The number of benzene rings is 4. The Balaban J connectivity index is 1.27. The normalized spacial score (nSPS) is 27.2. The van der Waals surface area contributed by atoms with E-state index in [1.807, 2.05) is 109 Å². The Morgan fingerprint density at radius 2 is 1.28 bits per heavy atom. The largest absolute Gasteiger partial charge is 0.397 e. The van der Waals surface area contributed by atoms with E-state index in [4.69, 9.17) is 27.9 Å². The van der Waals surface area contributed by atoms with Gasteiger partial charge in [-0.2, -0.15) is 8.42 Å². The Hall–Kier alpha value is -3.10. The summed E-state index contributed by atoms with van der Waals surface area (Å²) in [5.41, 5.74) is 4.03. The molecule has 0 bridgehead atoms. The highest BCUT2D eigenvalue weighted by atomic mass is 32.3. The summed E-state index contributed by atoms with van der Waals surface area (Å²) in [6.07, 6.45) is -2.93. The molecule has 50 heavy (non-hydrogen) atoms. The molecule has 2 heterocycles. The Kier molecular flexibility index (Phi) is 13.1. The van der Waals surface area contributed by atoms with Crippen molar-refractivity contribution in [1.82, 2.24) is 0 Å². The zero-order valence-electron chi connectivity index (χ0n) is 28.1. The third-order valence-corrected chi connectivity index (χ3v) is 12.5. The van der Waals surface area contributed by atoms with Gasteiger partial charge in [-0.05, 0) is 27.6 Å². The van der Waals surface area contributed by atoms with Crippen LogP contribution >= 0.6 is 0 Å². The van der Waals surface area contributed by atoms with Crippen LogP contribution in [0.25, 0.3) is 0 Å². The summed E-state index contributed by atoms with van der Waals surface area (Å²) >= 11 is 0. The van der Waals surface area contributed by atoms with E-state index in [-0.39, 0.29) is 30.0 Å². The van der Waals surface area contributed by atoms with Crippen LogP contribution in [0.3, 0.4) is 0 Å². The van der Waals surface area contributed by atoms with Crippen molar-refractivity contribution < 1.29 is 40.8 Å². The third-order valence-electron chi connectivity index (χ3n) is 9.08. The standard InChI is InChI=1S/C39H44O9S2/c1-29-37(26-43-22-30-14-6-2-7-15-30)49(27-35-34(48-50(40,41)42)25-46-39(47-35)33-20-12-5-13-21-33)28-36(44-23-31-16-8-3-9-17-31)38(29)45-24-32-18-10-4-11-19-32/h2-21,29,34-39H,22-28H2,1H3/p+1/t29-,34?,35-,36+,37-,38+,39?,49?/m1/s1. The van der Waals surface area contributed by atoms with Crippen molar-refractivity contribution >= 4 is 21.3 Å². The van der Waals surface area contributed by atoms with Gasteiger partial charge in [0.05, 0.1) is 39.1 Å². The molecule has 266 valence electrons. The van der Waals surface area contributed by atoms with E-state index >= 15 is 0 Å². The molecule has 4 aromatic rings. The van der Waals surface area contributed by atoms with Gasteiger partial charge in [0.1, 0.15) is 35.1 Å². The molecular weight excluding hydrogens is 677 g/mol. The van der Waals surface area contributed by atoms with Crippen LogP contribution in [0.2, 0.25) is 0 Å². The molecule has 9 nitrogen and oxygen atoms in total. The first-order valence-corrected chi connectivity index (χ1v) is 19.9. The molecule has 3 unspecified atom stereocenters. The first kappa shape index (κ1) is 36.7. The molecular formula is C39H45O9S2+. The highest BCUT2D eigenvalue weighted by Gasteiger charge is 2.53. The van der Waals surface area contributed by atoms with Crippen LogP contribution in [0.15, 0.2) is 121 Å². The van der Waals surface area contributed by atoms with Crippen molar-refractivity contribution in [3.8, 4) is 0 Å². The zero-order chi connectivity index (χ0) is 34.8. The van der Waals surface area contributed by atoms with Crippen molar-refractivity contribution in [3.05, 3.63) is 144 Å². The van der Waals surface area contributed by atoms with E-state index in [0.29, 0.717) is 37.9 Å². The Morgan fingerprint density at radius 1 is 0.740 bits per heavy atom. The number of rotatable bonds is 15. The average Bonchev–Trinajstić information content (AvgIpc) is 3.13. The van der Waals surface area contributed by atoms with Crippen molar-refractivity contribution in [2.24, 2.45) is 5.92 Å². The maximum Gasteiger partial charge on any atom is 0.397 e. The molecule has 0 aromatic heterocycles. The second-order valence-corrected chi connectivity index (χ2v) is 16.1. The molecule has 2 aliphatic heterocycles. The van der Waals surface area contributed by atoms with Crippen LogP contribution in [0.1, 0.15) is 35.5 Å². The van der Waals surface area contributed by atoms with Gasteiger partial charge in [-0.1, -0.05) is 128 Å². The molecule has 0 saturated carbocycles. The fraction of sp³-hybridized carbons (Fsp3) is 0.385. The summed E-state index contributed by atoms with van der Waals surface area (Å²) in [5.74, 6) is 1.11. The van der Waals surface area contributed by atoms with Gasteiger partial charge in [0.2, 0.25) is 0 Å². The maximum atomic E-state index is 12.0. The van der Waals surface area contributed by atoms with E-state index in [2.05, 4.69) is 19.1 Å². The average molecular weight is 722 g/mol. The zero-order valence-corrected chi connectivity index (χ0v) is 29.7. The molecule has 0 radical (unpaired) electrons. The smallest absolute Gasteiger partial charge is 0.372 e. The van der Waals surface area contributed by atoms with E-state index in [9.17, 15) is 13.0 Å². The van der Waals surface area contributed by atoms with Gasteiger partial charge in [-0.3, -0.25) is 4.55 Å². The fourth-order valence-corrected chi connectivity index (χ4v) is 10.1. The van der Waals surface area contributed by atoms with Gasteiger partial charge >= 0.3 is 10.4 Å². The lowest BCUT2D eigenvalue weighted by atomic mass is 9.95. The topological polar surface area (TPSA) is 110 Å². The molecule has 8 atom stereocenters. The predicted octanol–water partition coefficient (Wildman–Crippen LogP) is 6.31. The molecule has 2 fully saturated rings. The fourth-order valence-electron chi connectivity index (χ4n) is 6.50. The van der Waals surface area contributed by atoms with Crippen LogP contribution < -0.4 is 0 Å². The summed E-state index contributed by atoms with van der Waals surface area (Å²) in [6, 6.07) is 39.7. The lowest BCUT2D eigenvalue weighted by Crippen LogP contribution is -2.58. The van der Waals surface area contributed by atoms with Gasteiger partial charge in [0, 0.05) is 11.5 Å². The van der Waals surface area contributed by atoms with Gasteiger partial charge in [-0.25, -0.2) is 4.18 Å². The molecule has 2 aliphatic rings. The molecule has 0 aliphatic carbocycles. The molecule has 0 spiro atoms. The highest BCUT2D eigenvalue weighted by molar-refractivity contribution is 7.97. The molecule has 2 saturated heterocycles. The van der Waals surface area contributed by atoms with Gasteiger partial charge in [-0.15, -0.1) is 0 Å². The number of hydrogen-bond donors (Lipinski definition) is 1. The lowest BCUT2D eigenvalue weighted by molar-refractivity contribution is -0.245. The summed E-state index contributed by atoms with van der Waals surface area (Å²) in [5, 5.41) is 0.0315. The van der Waals surface area contributed by atoms with Crippen molar-refractivity contribution in [1.29, 1.82) is 0 Å². The Morgan fingerprint density at radius 3 is 1.86 bits per heavy atom. The Labute approximate surface area is 298 Å². The van der Waals surface area contributed by atoms with Crippen molar-refractivity contribution in [2.45, 2.75) is 62.7 Å². The SMILES string of the molecule is C[C@H]1[C@H](OCc2ccccc2)[C@@H](OCc2ccccc2)C[S+](C[C@H]2OC(c3ccccc3)OCC2OS(=O)(=O)O)[C@@H]1COCc1ccccc1. The van der Waals surface area contributed by atoms with E-state index in [0.717, 1.165) is 22.3 Å². The second kappa shape index (κ2) is 17.9. The second-order valence-electron chi connectivity index (χ2n) is 12.7. The quantitative estimate of drug-likeness (QED) is 0.112.